The number of likely N-dealkylation sites (tertiary alicyclic amines) is 1. The van der Waals surface area contributed by atoms with Gasteiger partial charge in [0.15, 0.2) is 0 Å². The minimum atomic E-state index is -4.20. The molecule has 2 saturated carbocycles. The highest BCUT2D eigenvalue weighted by atomic mass is 19.4. The van der Waals surface area contributed by atoms with Crippen LogP contribution in [0.25, 0.3) is 0 Å². The topological polar surface area (TPSA) is 72.9 Å². The maximum Gasteiger partial charge on any atom is 0.407 e. The van der Waals surface area contributed by atoms with Crippen LogP contribution in [0.5, 0.6) is 0 Å². The van der Waals surface area contributed by atoms with E-state index < -0.39 is 18.8 Å². The second-order valence-electron chi connectivity index (χ2n) is 9.05. The Hall–Kier alpha value is -2.29. The van der Waals surface area contributed by atoms with Crippen molar-refractivity contribution in [3.8, 4) is 0 Å². The van der Waals surface area contributed by atoms with Gasteiger partial charge in [-0.1, -0.05) is 12.1 Å². The smallest absolute Gasteiger partial charge is 0.407 e. The number of rotatable bonds is 7. The molecule has 1 saturated heterocycles. The van der Waals surface area contributed by atoms with E-state index >= 15 is 0 Å². The minimum absolute atomic E-state index is 0.0330. The number of benzene rings is 1. The molecule has 0 bridgehead atoms. The molecule has 3 aliphatic rings. The second-order valence-corrected chi connectivity index (χ2v) is 9.05. The molecule has 170 valence electrons. The molecular formula is C22H28F3N3O3. The quantitative estimate of drug-likeness (QED) is 0.680. The maximum atomic E-state index is 12.7. The third-order valence-corrected chi connectivity index (χ3v) is 6.46. The van der Waals surface area contributed by atoms with Gasteiger partial charge >= 0.3 is 12.3 Å². The summed E-state index contributed by atoms with van der Waals surface area (Å²) in [6, 6.07) is 7.08. The van der Waals surface area contributed by atoms with E-state index in [0.717, 1.165) is 24.8 Å². The summed E-state index contributed by atoms with van der Waals surface area (Å²) < 4.78 is 37.5. The third kappa shape index (κ3) is 5.90. The number of halogens is 3. The Kier molecular flexibility index (Phi) is 6.14. The Balaban J connectivity index is 1.30. The van der Waals surface area contributed by atoms with Gasteiger partial charge in [-0.15, -0.1) is 0 Å². The van der Waals surface area contributed by atoms with E-state index in [0.29, 0.717) is 44.0 Å². The zero-order chi connectivity index (χ0) is 22.2. The molecule has 0 aromatic heterocycles. The van der Waals surface area contributed by atoms with Gasteiger partial charge in [0.1, 0.15) is 0 Å². The van der Waals surface area contributed by atoms with Crippen LogP contribution >= 0.6 is 0 Å². The van der Waals surface area contributed by atoms with Crippen molar-refractivity contribution in [1.29, 1.82) is 0 Å². The van der Waals surface area contributed by atoms with E-state index in [1.54, 1.807) is 17.0 Å². The molecule has 4 rings (SSSR count). The highest BCUT2D eigenvalue weighted by Crippen LogP contribution is 2.46. The summed E-state index contributed by atoms with van der Waals surface area (Å²) in [5.74, 6) is 0.353. The number of alkyl halides is 3. The van der Waals surface area contributed by atoms with Crippen molar-refractivity contribution < 1.29 is 27.9 Å². The fraction of sp³-hybridized carbons (Fsp3) is 0.636. The van der Waals surface area contributed by atoms with Crippen molar-refractivity contribution in [3.63, 3.8) is 0 Å². The zero-order valence-corrected chi connectivity index (χ0v) is 17.3. The van der Waals surface area contributed by atoms with Crippen LogP contribution in [0.3, 0.4) is 0 Å². The van der Waals surface area contributed by atoms with Crippen LogP contribution in [0, 0.1) is 5.92 Å². The lowest BCUT2D eigenvalue weighted by molar-refractivity contribution is -0.148. The molecule has 9 heteroatoms. The summed E-state index contributed by atoms with van der Waals surface area (Å²) in [6.07, 6.45) is -1.17. The predicted octanol–water partition coefficient (Wildman–Crippen LogP) is 3.69. The molecule has 6 nitrogen and oxygen atoms in total. The number of nitrogens with zero attached hydrogens (tertiary/aromatic N) is 2. The number of amides is 2. The van der Waals surface area contributed by atoms with Crippen LogP contribution in [-0.2, 0) is 0 Å². The number of hydrogen-bond acceptors (Lipinski definition) is 3. The number of carbonyl (C=O) groups is 2. The lowest BCUT2D eigenvalue weighted by atomic mass is 10.0. The van der Waals surface area contributed by atoms with Crippen LogP contribution < -0.4 is 5.32 Å². The van der Waals surface area contributed by atoms with Crippen molar-refractivity contribution in [2.24, 2.45) is 5.92 Å². The first-order chi connectivity index (χ1) is 14.7. The van der Waals surface area contributed by atoms with Crippen molar-refractivity contribution in [3.05, 3.63) is 35.4 Å². The van der Waals surface area contributed by atoms with E-state index in [1.807, 2.05) is 12.1 Å². The molecule has 0 spiro atoms. The van der Waals surface area contributed by atoms with E-state index in [-0.39, 0.29) is 23.9 Å². The summed E-state index contributed by atoms with van der Waals surface area (Å²) in [7, 11) is 0. The Morgan fingerprint density at radius 2 is 1.87 bits per heavy atom. The second kappa shape index (κ2) is 8.68. The monoisotopic (exact) mass is 439 g/mol. The van der Waals surface area contributed by atoms with Gasteiger partial charge in [0.25, 0.3) is 5.91 Å². The van der Waals surface area contributed by atoms with Crippen molar-refractivity contribution in [2.45, 2.75) is 56.3 Å². The lowest BCUT2D eigenvalue weighted by Gasteiger charge is -2.32. The molecule has 2 aliphatic carbocycles. The Morgan fingerprint density at radius 3 is 2.48 bits per heavy atom. The Bertz CT molecular complexity index is 820. The van der Waals surface area contributed by atoms with Crippen LogP contribution in [-0.4, -0.2) is 71.3 Å². The number of nitrogens with one attached hydrogen (secondary N) is 1. The van der Waals surface area contributed by atoms with Gasteiger partial charge in [-0.2, -0.15) is 13.2 Å². The molecule has 3 fully saturated rings. The fourth-order valence-corrected chi connectivity index (χ4v) is 4.49. The Labute approximate surface area is 179 Å². The van der Waals surface area contributed by atoms with Gasteiger partial charge in [-0.05, 0) is 55.7 Å². The predicted molar refractivity (Wildman–Crippen MR) is 108 cm³/mol. The number of hydrogen-bond donors (Lipinski definition) is 2. The van der Waals surface area contributed by atoms with Gasteiger partial charge < -0.3 is 15.3 Å². The van der Waals surface area contributed by atoms with Crippen molar-refractivity contribution >= 4 is 12.0 Å². The van der Waals surface area contributed by atoms with E-state index in [1.165, 1.54) is 4.90 Å². The molecule has 1 heterocycles. The average molecular weight is 439 g/mol. The van der Waals surface area contributed by atoms with Gasteiger partial charge in [-0.25, -0.2) is 4.79 Å². The summed E-state index contributed by atoms with van der Waals surface area (Å²) in [6.45, 7) is 0.288. The summed E-state index contributed by atoms with van der Waals surface area (Å²) in [4.78, 5) is 27.2. The summed E-state index contributed by atoms with van der Waals surface area (Å²) in [5, 5.41) is 12.5. The van der Waals surface area contributed by atoms with Crippen LogP contribution in [0.4, 0.5) is 18.0 Å². The molecular weight excluding hydrogens is 411 g/mol. The SMILES string of the molecule is O=C(NC1CCN(CC(F)(F)F)CC1)c1cccc([C@@H]2C[C@H]2N(CC2CC2)C(=O)O)c1. The summed E-state index contributed by atoms with van der Waals surface area (Å²) >= 11 is 0. The first kappa shape index (κ1) is 21.9. The standard InChI is InChI=1S/C22H28F3N3O3/c23-22(24,25)13-27-8-6-17(7-9-27)26-20(29)16-3-1-2-15(10-16)18-11-19(18)28(21(30)31)12-14-4-5-14/h1-3,10,14,17-19H,4-9,11-13H2,(H,26,29)(H,30,31)/t18-,19+/m0/s1. The normalized spacial score (nSPS) is 24.6. The van der Waals surface area contributed by atoms with Gasteiger partial charge in [0, 0.05) is 43.2 Å². The van der Waals surface area contributed by atoms with Crippen molar-refractivity contribution in [2.75, 3.05) is 26.2 Å². The van der Waals surface area contributed by atoms with Gasteiger partial charge in [0.05, 0.1) is 6.54 Å². The lowest BCUT2D eigenvalue weighted by Crippen LogP contribution is -2.47. The molecule has 1 aromatic carbocycles. The molecule has 31 heavy (non-hydrogen) atoms. The highest BCUT2D eigenvalue weighted by Gasteiger charge is 2.46. The molecule has 1 aliphatic heterocycles. The van der Waals surface area contributed by atoms with Gasteiger partial charge in [-0.3, -0.25) is 9.69 Å². The minimum Gasteiger partial charge on any atom is -0.465 e. The number of carboxylic acid groups (broad SMARTS) is 1. The Morgan fingerprint density at radius 1 is 1.16 bits per heavy atom. The largest absolute Gasteiger partial charge is 0.465 e. The molecule has 2 N–H and O–H groups in total. The summed E-state index contributed by atoms with van der Waals surface area (Å²) in [5.41, 5.74) is 1.46. The number of piperidine rings is 1. The van der Waals surface area contributed by atoms with E-state index in [9.17, 15) is 27.9 Å². The van der Waals surface area contributed by atoms with Gasteiger partial charge in [0.2, 0.25) is 0 Å². The molecule has 2 amide bonds. The maximum absolute atomic E-state index is 12.7. The number of carbonyl (C=O) groups excluding carboxylic acids is 1. The van der Waals surface area contributed by atoms with Crippen LogP contribution in [0.1, 0.15) is 53.9 Å². The third-order valence-electron chi connectivity index (χ3n) is 6.46. The first-order valence-corrected chi connectivity index (χ1v) is 10.9. The molecule has 2 atom stereocenters. The molecule has 0 radical (unpaired) electrons. The average Bonchev–Trinajstić information content (AvgIpc) is 3.61. The fourth-order valence-electron chi connectivity index (χ4n) is 4.49. The van der Waals surface area contributed by atoms with Crippen molar-refractivity contribution in [1.82, 2.24) is 15.1 Å². The first-order valence-electron chi connectivity index (χ1n) is 10.9. The molecule has 1 aromatic rings. The van der Waals surface area contributed by atoms with Crippen LogP contribution in [0.15, 0.2) is 24.3 Å². The zero-order valence-electron chi connectivity index (χ0n) is 17.3. The van der Waals surface area contributed by atoms with E-state index in [2.05, 4.69) is 5.32 Å². The van der Waals surface area contributed by atoms with Crippen LogP contribution in [0.2, 0.25) is 0 Å². The van der Waals surface area contributed by atoms with E-state index in [4.69, 9.17) is 0 Å². The molecule has 0 unspecified atom stereocenters. The highest BCUT2D eigenvalue weighted by molar-refractivity contribution is 5.94.